The second kappa shape index (κ2) is 6.03. The van der Waals surface area contributed by atoms with Gasteiger partial charge >= 0.3 is 7.48 Å². The molecule has 1 heterocycles. The molecule has 119 valence electrons. The summed E-state index contributed by atoms with van der Waals surface area (Å²) in [5.41, 5.74) is -0.0869. The Kier molecular flexibility index (Phi) is 4.66. The van der Waals surface area contributed by atoms with Gasteiger partial charge < -0.3 is 19.8 Å². The van der Waals surface area contributed by atoms with E-state index < -0.39 is 17.3 Å². The highest BCUT2D eigenvalue weighted by molar-refractivity contribution is 6.47. The first-order valence-electron chi connectivity index (χ1n) is 7.45. The third-order valence-electron chi connectivity index (χ3n) is 4.35. The first-order valence-corrected chi connectivity index (χ1v) is 7.45. The lowest BCUT2D eigenvalue weighted by Crippen LogP contribution is -2.49. The summed E-state index contributed by atoms with van der Waals surface area (Å²) in [4.78, 5) is 13.4. The fourth-order valence-corrected chi connectivity index (χ4v) is 2.01. The number of hydrogen-bond donors (Lipinski definition) is 2. The van der Waals surface area contributed by atoms with Crippen molar-refractivity contribution < 1.29 is 19.7 Å². The van der Waals surface area contributed by atoms with Crippen LogP contribution in [0.5, 0.6) is 0 Å². The predicted molar refractivity (Wildman–Crippen MR) is 86.3 cm³/mol. The number of rotatable bonds is 5. The Morgan fingerprint density at radius 1 is 1.23 bits per heavy atom. The number of benzene rings is 1. The summed E-state index contributed by atoms with van der Waals surface area (Å²) < 4.78 is 5.69. The van der Waals surface area contributed by atoms with Crippen LogP contribution >= 0.6 is 0 Å². The molecular formula is C16H23BNO4. The molecule has 1 fully saturated rings. The second-order valence-corrected chi connectivity index (χ2v) is 6.69. The number of amides is 1. The number of hydrogen-bond acceptors (Lipinski definition) is 4. The van der Waals surface area contributed by atoms with Crippen LogP contribution in [0.25, 0.3) is 0 Å². The largest absolute Gasteiger partial charge is 0.427 e. The van der Waals surface area contributed by atoms with E-state index >= 15 is 0 Å². The predicted octanol–water partition coefficient (Wildman–Crippen LogP) is 0.595. The Labute approximate surface area is 132 Å². The molecule has 0 spiro atoms. The van der Waals surface area contributed by atoms with Gasteiger partial charge in [0, 0.05) is 18.7 Å². The van der Waals surface area contributed by atoms with Gasteiger partial charge in [-0.2, -0.15) is 0 Å². The fraction of sp³-hybridized carbons (Fsp3) is 0.562. The van der Waals surface area contributed by atoms with Crippen molar-refractivity contribution in [1.82, 2.24) is 0 Å². The van der Waals surface area contributed by atoms with Crippen LogP contribution in [0, 0.1) is 0 Å². The van der Waals surface area contributed by atoms with Crippen molar-refractivity contribution in [3.63, 3.8) is 0 Å². The summed E-state index contributed by atoms with van der Waals surface area (Å²) in [7, 11) is 1.60. The van der Waals surface area contributed by atoms with Gasteiger partial charge in [0.2, 0.25) is 0 Å². The number of aliphatic hydroxyl groups is 2. The van der Waals surface area contributed by atoms with Crippen LogP contribution in [0.2, 0.25) is 0 Å². The van der Waals surface area contributed by atoms with Crippen molar-refractivity contribution in [2.24, 2.45) is 0 Å². The summed E-state index contributed by atoms with van der Waals surface area (Å²) in [5, 5.41) is 19.5. The molecule has 1 aromatic rings. The molecule has 2 rings (SSSR count). The lowest BCUT2D eigenvalue weighted by molar-refractivity contribution is -0.123. The molecule has 0 aromatic heterocycles. The van der Waals surface area contributed by atoms with Crippen LogP contribution in [0.3, 0.4) is 0 Å². The third-order valence-corrected chi connectivity index (χ3v) is 4.35. The maximum atomic E-state index is 11.8. The van der Waals surface area contributed by atoms with Gasteiger partial charge in [-0.3, -0.25) is 4.79 Å². The molecule has 1 aromatic carbocycles. The van der Waals surface area contributed by atoms with E-state index in [-0.39, 0.29) is 5.91 Å². The number of carbonyl (C=O) groups is 1. The minimum absolute atomic E-state index is 0.254. The van der Waals surface area contributed by atoms with Crippen LogP contribution in [0.1, 0.15) is 34.1 Å². The Morgan fingerprint density at radius 2 is 1.82 bits per heavy atom. The standard InChI is InChI=1S/C16H23BNO4/c1-15(2,21)16(3,4)22-17-11-5-7-12(8-6-11)18-10-9-13(19)14(18)20/h5-8,13,19,21H,9-10H2,1-4H3. The van der Waals surface area contributed by atoms with Gasteiger partial charge in [0.05, 0.1) is 11.2 Å². The van der Waals surface area contributed by atoms with Crippen molar-refractivity contribution in [2.75, 3.05) is 11.4 Å². The minimum Gasteiger partial charge on any atom is -0.427 e. The number of aliphatic hydroxyl groups excluding tert-OH is 1. The van der Waals surface area contributed by atoms with Crippen molar-refractivity contribution in [1.29, 1.82) is 0 Å². The normalized spacial score (nSPS) is 19.6. The molecule has 0 bridgehead atoms. The lowest BCUT2D eigenvalue weighted by Gasteiger charge is -2.37. The molecule has 0 saturated carbocycles. The fourth-order valence-electron chi connectivity index (χ4n) is 2.01. The van der Waals surface area contributed by atoms with Gasteiger partial charge in [0.25, 0.3) is 5.91 Å². The topological polar surface area (TPSA) is 70.0 Å². The number of carbonyl (C=O) groups excluding carboxylic acids is 1. The van der Waals surface area contributed by atoms with E-state index in [0.717, 1.165) is 11.2 Å². The molecule has 0 aliphatic carbocycles. The zero-order chi connectivity index (χ0) is 16.5. The maximum absolute atomic E-state index is 11.8. The first kappa shape index (κ1) is 17.0. The molecule has 1 saturated heterocycles. The van der Waals surface area contributed by atoms with E-state index in [1.807, 2.05) is 38.1 Å². The lowest BCUT2D eigenvalue weighted by atomic mass is 9.82. The number of nitrogens with zero attached hydrogens (tertiary/aromatic N) is 1. The van der Waals surface area contributed by atoms with E-state index in [0.29, 0.717) is 13.0 Å². The van der Waals surface area contributed by atoms with Crippen LogP contribution < -0.4 is 10.4 Å². The highest BCUT2D eigenvalue weighted by Gasteiger charge is 2.35. The molecule has 2 N–H and O–H groups in total. The highest BCUT2D eigenvalue weighted by atomic mass is 16.5. The van der Waals surface area contributed by atoms with E-state index in [9.17, 15) is 15.0 Å². The molecule has 1 aliphatic rings. The third kappa shape index (κ3) is 3.51. The summed E-state index contributed by atoms with van der Waals surface area (Å²) in [6.45, 7) is 7.58. The smallest absolute Gasteiger partial charge is 0.330 e. The SMILES string of the molecule is CC(C)(O)C(C)(C)O[B]c1ccc(N2CCC(O)C2=O)cc1. The summed E-state index contributed by atoms with van der Waals surface area (Å²) in [6.07, 6.45) is -0.419. The Balaban J connectivity index is 2.00. The molecule has 1 radical (unpaired) electrons. The average molecular weight is 304 g/mol. The zero-order valence-corrected chi connectivity index (χ0v) is 13.5. The summed E-state index contributed by atoms with van der Waals surface area (Å²) in [5.74, 6) is -0.254. The summed E-state index contributed by atoms with van der Waals surface area (Å²) >= 11 is 0. The van der Waals surface area contributed by atoms with E-state index in [1.165, 1.54) is 0 Å². The van der Waals surface area contributed by atoms with Gasteiger partial charge in [-0.15, -0.1) is 0 Å². The minimum atomic E-state index is -0.971. The van der Waals surface area contributed by atoms with Crippen LogP contribution in [-0.2, 0) is 9.45 Å². The molecule has 5 nitrogen and oxygen atoms in total. The van der Waals surface area contributed by atoms with Gasteiger partial charge in [0.1, 0.15) is 6.10 Å². The van der Waals surface area contributed by atoms with Crippen molar-refractivity contribution in [2.45, 2.75) is 51.4 Å². The monoisotopic (exact) mass is 304 g/mol. The molecule has 1 amide bonds. The van der Waals surface area contributed by atoms with Crippen molar-refractivity contribution in [3.8, 4) is 0 Å². The molecule has 6 heteroatoms. The van der Waals surface area contributed by atoms with Crippen LogP contribution in [-0.4, -0.2) is 47.5 Å². The molecule has 1 atom stereocenters. The van der Waals surface area contributed by atoms with Gasteiger partial charge in [-0.25, -0.2) is 0 Å². The van der Waals surface area contributed by atoms with Gasteiger partial charge in [-0.05, 0) is 39.8 Å². The first-order chi connectivity index (χ1) is 10.1. The average Bonchev–Trinajstić information content (AvgIpc) is 2.76. The van der Waals surface area contributed by atoms with Crippen molar-refractivity contribution in [3.05, 3.63) is 24.3 Å². The van der Waals surface area contributed by atoms with Crippen LogP contribution in [0.15, 0.2) is 24.3 Å². The quantitative estimate of drug-likeness (QED) is 0.781. The van der Waals surface area contributed by atoms with Gasteiger partial charge in [0.15, 0.2) is 0 Å². The molecule has 1 aliphatic heterocycles. The zero-order valence-electron chi connectivity index (χ0n) is 13.5. The second-order valence-electron chi connectivity index (χ2n) is 6.69. The van der Waals surface area contributed by atoms with E-state index in [4.69, 9.17) is 4.65 Å². The van der Waals surface area contributed by atoms with E-state index in [1.54, 1.807) is 26.2 Å². The highest BCUT2D eigenvalue weighted by Crippen LogP contribution is 2.24. The summed E-state index contributed by atoms with van der Waals surface area (Å²) in [6, 6.07) is 7.33. The number of anilines is 1. The Morgan fingerprint density at radius 3 is 2.27 bits per heavy atom. The van der Waals surface area contributed by atoms with E-state index in [2.05, 4.69) is 0 Å². The van der Waals surface area contributed by atoms with Gasteiger partial charge in [-0.1, -0.05) is 17.6 Å². The van der Waals surface area contributed by atoms with Crippen molar-refractivity contribution >= 4 is 24.5 Å². The molecule has 1 unspecified atom stereocenters. The van der Waals surface area contributed by atoms with Crippen LogP contribution in [0.4, 0.5) is 5.69 Å². The molecular weight excluding hydrogens is 281 g/mol. The maximum Gasteiger partial charge on any atom is 0.330 e. The Hall–Kier alpha value is -1.37. The Bertz CT molecular complexity index is 536. The molecule has 22 heavy (non-hydrogen) atoms.